The number of aromatic nitrogens is 2. The van der Waals surface area contributed by atoms with Crippen LogP contribution >= 0.6 is 0 Å². The van der Waals surface area contributed by atoms with Gasteiger partial charge in [0.25, 0.3) is 10.0 Å². The predicted molar refractivity (Wildman–Crippen MR) is 102 cm³/mol. The fourth-order valence-electron chi connectivity index (χ4n) is 3.53. The highest BCUT2D eigenvalue weighted by molar-refractivity contribution is 7.92. The van der Waals surface area contributed by atoms with E-state index in [0.717, 1.165) is 31.7 Å². The Hall–Kier alpha value is -2.81. The van der Waals surface area contributed by atoms with E-state index in [4.69, 9.17) is 0 Å². The molecule has 152 valence electrons. The number of hydrogen-bond acceptors (Lipinski definition) is 3. The van der Waals surface area contributed by atoms with Crippen LogP contribution in [-0.2, 0) is 10.0 Å². The van der Waals surface area contributed by atoms with Crippen LogP contribution in [0.4, 0.5) is 18.9 Å². The first-order valence-corrected chi connectivity index (χ1v) is 10.7. The van der Waals surface area contributed by atoms with Crippen molar-refractivity contribution in [2.45, 2.75) is 36.6 Å². The lowest BCUT2D eigenvalue weighted by atomic mass is 10.2. The second-order valence-electron chi connectivity index (χ2n) is 6.95. The van der Waals surface area contributed by atoms with Crippen molar-refractivity contribution >= 4 is 15.7 Å². The lowest BCUT2D eigenvalue weighted by molar-refractivity contribution is 0.449. The van der Waals surface area contributed by atoms with Crippen molar-refractivity contribution in [1.29, 1.82) is 0 Å². The summed E-state index contributed by atoms with van der Waals surface area (Å²) in [6.07, 6.45) is 5.26. The molecule has 0 aliphatic heterocycles. The smallest absolute Gasteiger partial charge is 0.265 e. The van der Waals surface area contributed by atoms with Gasteiger partial charge < -0.3 is 0 Å². The minimum absolute atomic E-state index is 0.0846. The van der Waals surface area contributed by atoms with Crippen LogP contribution < -0.4 is 4.72 Å². The van der Waals surface area contributed by atoms with Gasteiger partial charge in [-0.3, -0.25) is 9.40 Å². The first-order chi connectivity index (χ1) is 13.9. The van der Waals surface area contributed by atoms with Gasteiger partial charge in [0.05, 0.1) is 11.7 Å². The monoisotopic (exact) mass is 421 g/mol. The number of halogens is 3. The molecule has 1 fully saturated rings. The van der Waals surface area contributed by atoms with E-state index in [0.29, 0.717) is 11.6 Å². The zero-order valence-electron chi connectivity index (χ0n) is 15.3. The number of benzene rings is 2. The van der Waals surface area contributed by atoms with Gasteiger partial charge in [0.2, 0.25) is 0 Å². The van der Waals surface area contributed by atoms with Gasteiger partial charge in [0.1, 0.15) is 10.6 Å². The lowest BCUT2D eigenvalue weighted by Crippen LogP contribution is -2.15. The molecule has 0 unspecified atom stereocenters. The summed E-state index contributed by atoms with van der Waals surface area (Å²) in [5.74, 6) is -4.74. The highest BCUT2D eigenvalue weighted by Crippen LogP contribution is 2.34. The minimum atomic E-state index is -4.32. The molecular weight excluding hydrogens is 403 g/mol. The molecule has 1 aliphatic carbocycles. The zero-order valence-corrected chi connectivity index (χ0v) is 16.1. The Bertz CT molecular complexity index is 1140. The van der Waals surface area contributed by atoms with Gasteiger partial charge in [-0.05, 0) is 25.0 Å². The third-order valence-electron chi connectivity index (χ3n) is 5.01. The summed E-state index contributed by atoms with van der Waals surface area (Å²) in [5.41, 5.74) is 0.125. The predicted octanol–water partition coefficient (Wildman–Crippen LogP) is 4.88. The zero-order chi connectivity index (χ0) is 20.6. The van der Waals surface area contributed by atoms with Crippen molar-refractivity contribution in [1.82, 2.24) is 9.78 Å². The summed E-state index contributed by atoms with van der Waals surface area (Å²) in [4.78, 5) is -0.153. The molecule has 0 atom stereocenters. The molecule has 5 nitrogen and oxygen atoms in total. The van der Waals surface area contributed by atoms with Crippen molar-refractivity contribution in [2.75, 3.05) is 4.72 Å². The minimum Gasteiger partial charge on any atom is -0.276 e. The Balaban J connectivity index is 1.79. The Kier molecular flexibility index (Phi) is 5.08. The second kappa shape index (κ2) is 7.55. The number of sulfonamides is 1. The molecule has 1 aliphatic rings. The third kappa shape index (κ3) is 3.74. The van der Waals surface area contributed by atoms with Crippen LogP contribution in [0.2, 0.25) is 0 Å². The molecule has 2 aromatic carbocycles. The maximum Gasteiger partial charge on any atom is 0.265 e. The Morgan fingerprint density at radius 1 is 0.966 bits per heavy atom. The van der Waals surface area contributed by atoms with Gasteiger partial charge in [-0.25, -0.2) is 21.6 Å². The van der Waals surface area contributed by atoms with E-state index in [-0.39, 0.29) is 16.6 Å². The molecule has 4 rings (SSSR count). The fraction of sp³-hybridized carbons (Fsp3) is 0.250. The van der Waals surface area contributed by atoms with Gasteiger partial charge in [-0.2, -0.15) is 5.10 Å². The van der Waals surface area contributed by atoms with E-state index in [2.05, 4.69) is 5.10 Å². The number of hydrogen-bond donors (Lipinski definition) is 1. The molecule has 0 spiro atoms. The topological polar surface area (TPSA) is 64.0 Å². The summed E-state index contributed by atoms with van der Waals surface area (Å²) < 4.78 is 70.4. The van der Waals surface area contributed by atoms with Crippen molar-refractivity contribution in [3.05, 3.63) is 66.1 Å². The van der Waals surface area contributed by atoms with Gasteiger partial charge in [0, 0.05) is 11.8 Å². The highest BCUT2D eigenvalue weighted by atomic mass is 32.2. The van der Waals surface area contributed by atoms with Gasteiger partial charge >= 0.3 is 0 Å². The summed E-state index contributed by atoms with van der Waals surface area (Å²) in [6, 6.07) is 10.3. The summed E-state index contributed by atoms with van der Waals surface area (Å²) in [5, 5.41) is 4.49. The number of nitrogens with zero attached hydrogens (tertiary/aromatic N) is 2. The molecular formula is C20H18F3N3O2S. The van der Waals surface area contributed by atoms with Crippen molar-refractivity contribution in [2.24, 2.45) is 0 Å². The largest absolute Gasteiger partial charge is 0.276 e. The number of anilines is 1. The van der Waals surface area contributed by atoms with Crippen LogP contribution in [0.3, 0.4) is 0 Å². The molecule has 1 aromatic heterocycles. The lowest BCUT2D eigenvalue weighted by Gasteiger charge is -2.10. The van der Waals surface area contributed by atoms with E-state index in [1.807, 2.05) is 4.72 Å². The van der Waals surface area contributed by atoms with Crippen molar-refractivity contribution in [3.8, 4) is 11.3 Å². The fourth-order valence-corrected chi connectivity index (χ4v) is 4.74. The SMILES string of the molecule is O=S(=O)(Nc1ccc(F)c(F)c1F)c1cn(C2CCCC2)nc1-c1ccccc1. The Labute approximate surface area is 166 Å². The first-order valence-electron chi connectivity index (χ1n) is 9.18. The van der Waals surface area contributed by atoms with E-state index < -0.39 is 33.2 Å². The van der Waals surface area contributed by atoms with E-state index in [9.17, 15) is 21.6 Å². The maximum atomic E-state index is 14.0. The van der Waals surface area contributed by atoms with Crippen molar-refractivity contribution < 1.29 is 21.6 Å². The molecule has 0 saturated heterocycles. The maximum absolute atomic E-state index is 14.0. The molecule has 9 heteroatoms. The van der Waals surface area contributed by atoms with Crippen LogP contribution in [-0.4, -0.2) is 18.2 Å². The number of nitrogens with one attached hydrogen (secondary N) is 1. The van der Waals surface area contributed by atoms with Crippen LogP contribution in [0.1, 0.15) is 31.7 Å². The molecule has 3 aromatic rings. The molecule has 29 heavy (non-hydrogen) atoms. The molecule has 1 heterocycles. The molecule has 0 bridgehead atoms. The standard InChI is InChI=1S/C20H18F3N3O2S/c21-15-10-11-16(19(23)18(15)22)25-29(27,28)17-12-26(14-8-4-5-9-14)24-20(17)13-6-2-1-3-7-13/h1-3,6-7,10-12,14,25H,4-5,8-9H2. The van der Waals surface area contributed by atoms with Crippen LogP contribution in [0.25, 0.3) is 11.3 Å². The first kappa shape index (κ1) is 19.5. The van der Waals surface area contributed by atoms with E-state index >= 15 is 0 Å². The summed E-state index contributed by atoms with van der Waals surface area (Å²) in [7, 11) is -4.32. The van der Waals surface area contributed by atoms with Crippen molar-refractivity contribution in [3.63, 3.8) is 0 Å². The average molecular weight is 421 g/mol. The molecule has 0 amide bonds. The summed E-state index contributed by atoms with van der Waals surface area (Å²) in [6.45, 7) is 0. The highest BCUT2D eigenvalue weighted by Gasteiger charge is 2.28. The molecule has 1 saturated carbocycles. The molecule has 0 radical (unpaired) electrons. The van der Waals surface area contributed by atoms with Crippen LogP contribution in [0.5, 0.6) is 0 Å². The van der Waals surface area contributed by atoms with E-state index in [1.165, 1.54) is 6.20 Å². The third-order valence-corrected chi connectivity index (χ3v) is 6.38. The number of rotatable bonds is 5. The summed E-state index contributed by atoms with van der Waals surface area (Å²) >= 11 is 0. The van der Waals surface area contributed by atoms with Gasteiger partial charge in [0.15, 0.2) is 17.5 Å². The Morgan fingerprint density at radius 3 is 2.34 bits per heavy atom. The van der Waals surface area contributed by atoms with Gasteiger partial charge in [-0.1, -0.05) is 43.2 Å². The second-order valence-corrected chi connectivity index (χ2v) is 8.61. The quantitative estimate of drug-likeness (QED) is 0.597. The average Bonchev–Trinajstić information content (AvgIpc) is 3.39. The van der Waals surface area contributed by atoms with Gasteiger partial charge in [-0.15, -0.1) is 0 Å². The van der Waals surface area contributed by atoms with E-state index in [1.54, 1.807) is 35.0 Å². The van der Waals surface area contributed by atoms with Crippen LogP contribution in [0, 0.1) is 17.5 Å². The Morgan fingerprint density at radius 2 is 1.66 bits per heavy atom. The normalized spacial score (nSPS) is 15.0. The molecule has 1 N–H and O–H groups in total. The van der Waals surface area contributed by atoms with Crippen LogP contribution in [0.15, 0.2) is 53.6 Å².